The van der Waals surface area contributed by atoms with Gasteiger partial charge in [0.1, 0.15) is 17.3 Å². The standard InChI is InChI=1S/C24H23ClF3N5O2/c1-16(32-18-3-2-9-29-15-18)31-17-7-11-33(12-8-17)23-14-20(6-10-30-23)34-19-4-5-21(25)22(13-19)35-24(26,27)28/h2-6,9-10,13-15,17,31-32H,1,7-8,11-12H2. The molecule has 1 aliphatic heterocycles. The van der Waals surface area contributed by atoms with Crippen molar-refractivity contribution in [1.29, 1.82) is 0 Å². The summed E-state index contributed by atoms with van der Waals surface area (Å²) in [5, 5.41) is 6.43. The molecule has 1 aliphatic rings. The van der Waals surface area contributed by atoms with Crippen LogP contribution in [0.15, 0.2) is 73.5 Å². The molecule has 4 rings (SSSR count). The van der Waals surface area contributed by atoms with E-state index in [0.29, 0.717) is 17.4 Å². The summed E-state index contributed by atoms with van der Waals surface area (Å²) in [4.78, 5) is 10.6. The number of ether oxygens (including phenoxy) is 2. The minimum absolute atomic E-state index is 0.160. The van der Waals surface area contributed by atoms with Crippen molar-refractivity contribution >= 4 is 23.1 Å². The Bertz CT molecular complexity index is 1160. The summed E-state index contributed by atoms with van der Waals surface area (Å²) in [6, 6.07) is 11.2. The van der Waals surface area contributed by atoms with Crippen LogP contribution in [0.5, 0.6) is 17.2 Å². The molecule has 2 N–H and O–H groups in total. The Kier molecular flexibility index (Phi) is 7.50. The molecule has 0 radical (unpaired) electrons. The van der Waals surface area contributed by atoms with Gasteiger partial charge in [-0.25, -0.2) is 4.98 Å². The van der Waals surface area contributed by atoms with Gasteiger partial charge in [-0.3, -0.25) is 4.98 Å². The number of rotatable bonds is 8. The first kappa shape index (κ1) is 24.5. The van der Waals surface area contributed by atoms with E-state index in [1.807, 2.05) is 12.1 Å². The number of nitrogens with zero attached hydrogens (tertiary/aromatic N) is 3. The summed E-state index contributed by atoms with van der Waals surface area (Å²) in [7, 11) is 0. The van der Waals surface area contributed by atoms with E-state index in [2.05, 4.69) is 36.8 Å². The zero-order valence-corrected chi connectivity index (χ0v) is 19.3. The first-order valence-electron chi connectivity index (χ1n) is 10.8. The molecule has 1 fully saturated rings. The lowest BCUT2D eigenvalue weighted by Crippen LogP contribution is -2.43. The van der Waals surface area contributed by atoms with Crippen molar-refractivity contribution in [2.45, 2.75) is 25.2 Å². The molecule has 0 spiro atoms. The lowest BCUT2D eigenvalue weighted by molar-refractivity contribution is -0.274. The van der Waals surface area contributed by atoms with Crippen molar-refractivity contribution < 1.29 is 22.6 Å². The van der Waals surface area contributed by atoms with Gasteiger partial charge in [-0.15, -0.1) is 13.2 Å². The second-order valence-electron chi connectivity index (χ2n) is 7.84. The van der Waals surface area contributed by atoms with Crippen LogP contribution in [0.2, 0.25) is 5.02 Å². The number of aromatic nitrogens is 2. The largest absolute Gasteiger partial charge is 0.573 e. The van der Waals surface area contributed by atoms with Crippen LogP contribution in [0.1, 0.15) is 12.8 Å². The molecule has 0 unspecified atom stereocenters. The Labute approximate surface area is 205 Å². The van der Waals surface area contributed by atoms with E-state index in [-0.39, 0.29) is 16.8 Å². The molecule has 0 amide bonds. The van der Waals surface area contributed by atoms with E-state index in [1.54, 1.807) is 30.7 Å². The number of nitrogens with one attached hydrogen (secondary N) is 2. The number of piperidine rings is 1. The first-order valence-corrected chi connectivity index (χ1v) is 11.2. The molecule has 7 nitrogen and oxygen atoms in total. The molecular weight excluding hydrogens is 483 g/mol. The van der Waals surface area contributed by atoms with Gasteiger partial charge in [0, 0.05) is 43.7 Å². The topological polar surface area (TPSA) is 71.5 Å². The van der Waals surface area contributed by atoms with Crippen LogP contribution < -0.4 is 25.0 Å². The highest BCUT2D eigenvalue weighted by atomic mass is 35.5. The number of halogens is 4. The highest BCUT2D eigenvalue weighted by Crippen LogP contribution is 2.35. The molecule has 1 aromatic carbocycles. The van der Waals surface area contributed by atoms with Crippen LogP contribution in [-0.2, 0) is 0 Å². The molecule has 2 aromatic heterocycles. The van der Waals surface area contributed by atoms with Crippen molar-refractivity contribution in [1.82, 2.24) is 15.3 Å². The molecule has 184 valence electrons. The summed E-state index contributed by atoms with van der Waals surface area (Å²) in [6.07, 6.45) is 1.92. The summed E-state index contributed by atoms with van der Waals surface area (Å²) in [5.41, 5.74) is 0.862. The number of anilines is 2. The molecule has 11 heteroatoms. The molecule has 35 heavy (non-hydrogen) atoms. The normalized spacial score (nSPS) is 14.3. The van der Waals surface area contributed by atoms with E-state index in [4.69, 9.17) is 16.3 Å². The quantitative estimate of drug-likeness (QED) is 0.391. The van der Waals surface area contributed by atoms with E-state index in [9.17, 15) is 13.2 Å². The Morgan fingerprint density at radius 3 is 2.57 bits per heavy atom. The van der Waals surface area contributed by atoms with Gasteiger partial charge in [0.2, 0.25) is 0 Å². The maximum Gasteiger partial charge on any atom is 0.573 e. The smallest absolute Gasteiger partial charge is 0.457 e. The third-order valence-corrected chi connectivity index (χ3v) is 5.55. The first-order chi connectivity index (χ1) is 16.7. The average Bonchev–Trinajstić information content (AvgIpc) is 2.82. The number of benzene rings is 1. The molecule has 0 saturated carbocycles. The summed E-state index contributed by atoms with van der Waals surface area (Å²) < 4.78 is 47.4. The van der Waals surface area contributed by atoms with Gasteiger partial charge in [-0.1, -0.05) is 18.2 Å². The van der Waals surface area contributed by atoms with Gasteiger partial charge in [0.25, 0.3) is 0 Å². The van der Waals surface area contributed by atoms with Crippen molar-refractivity contribution in [3.63, 3.8) is 0 Å². The summed E-state index contributed by atoms with van der Waals surface area (Å²) in [5.74, 6) is 1.49. The maximum atomic E-state index is 12.6. The molecule has 0 bridgehead atoms. The minimum atomic E-state index is -4.85. The van der Waals surface area contributed by atoms with Crippen LogP contribution in [0.3, 0.4) is 0 Å². The fourth-order valence-electron chi connectivity index (χ4n) is 3.67. The van der Waals surface area contributed by atoms with Crippen LogP contribution in [0.4, 0.5) is 24.7 Å². The lowest BCUT2D eigenvalue weighted by Gasteiger charge is -2.34. The number of hydrogen-bond donors (Lipinski definition) is 2. The van der Waals surface area contributed by atoms with E-state index < -0.39 is 12.1 Å². The number of alkyl halides is 3. The average molecular weight is 506 g/mol. The van der Waals surface area contributed by atoms with Crippen LogP contribution in [0.25, 0.3) is 0 Å². The van der Waals surface area contributed by atoms with Crippen molar-refractivity contribution in [3.8, 4) is 17.2 Å². The number of pyridine rings is 2. The van der Waals surface area contributed by atoms with Crippen LogP contribution >= 0.6 is 11.6 Å². The maximum absolute atomic E-state index is 12.6. The Balaban J connectivity index is 1.33. The monoisotopic (exact) mass is 505 g/mol. The minimum Gasteiger partial charge on any atom is -0.457 e. The zero-order chi connectivity index (χ0) is 24.8. The Hall–Kier alpha value is -3.66. The SMILES string of the molecule is C=C(Nc1cccnc1)NC1CCN(c2cc(Oc3ccc(Cl)c(OC(F)(F)F)c3)ccn2)CC1. The van der Waals surface area contributed by atoms with Gasteiger partial charge in [0.05, 0.1) is 22.7 Å². The van der Waals surface area contributed by atoms with Gasteiger partial charge < -0.3 is 25.0 Å². The van der Waals surface area contributed by atoms with E-state index in [1.165, 1.54) is 12.1 Å². The lowest BCUT2D eigenvalue weighted by atomic mass is 10.1. The Morgan fingerprint density at radius 1 is 1.09 bits per heavy atom. The summed E-state index contributed by atoms with van der Waals surface area (Å²) >= 11 is 5.80. The van der Waals surface area contributed by atoms with Gasteiger partial charge in [0.15, 0.2) is 5.75 Å². The molecule has 1 saturated heterocycles. The third-order valence-electron chi connectivity index (χ3n) is 5.24. The van der Waals surface area contributed by atoms with E-state index >= 15 is 0 Å². The Morgan fingerprint density at radius 2 is 1.86 bits per heavy atom. The highest BCUT2D eigenvalue weighted by Gasteiger charge is 2.32. The third kappa shape index (κ3) is 7.16. The fourth-order valence-corrected chi connectivity index (χ4v) is 3.82. The van der Waals surface area contributed by atoms with Crippen molar-refractivity contribution in [2.24, 2.45) is 0 Å². The second kappa shape index (κ2) is 10.7. The predicted octanol–water partition coefficient (Wildman–Crippen LogP) is 5.96. The second-order valence-corrected chi connectivity index (χ2v) is 8.25. The number of hydrogen-bond acceptors (Lipinski definition) is 7. The van der Waals surface area contributed by atoms with Crippen LogP contribution in [-0.4, -0.2) is 35.5 Å². The molecule has 3 aromatic rings. The van der Waals surface area contributed by atoms with Gasteiger partial charge in [-0.2, -0.15) is 0 Å². The summed E-state index contributed by atoms with van der Waals surface area (Å²) in [6.45, 7) is 5.56. The molecule has 3 heterocycles. The predicted molar refractivity (Wildman–Crippen MR) is 128 cm³/mol. The molecule has 0 aliphatic carbocycles. The molecule has 0 atom stereocenters. The van der Waals surface area contributed by atoms with Crippen molar-refractivity contribution in [2.75, 3.05) is 23.3 Å². The highest BCUT2D eigenvalue weighted by molar-refractivity contribution is 6.32. The van der Waals surface area contributed by atoms with Gasteiger partial charge in [-0.05, 0) is 43.2 Å². The van der Waals surface area contributed by atoms with E-state index in [0.717, 1.165) is 37.7 Å². The molecular formula is C24H23ClF3N5O2. The fraction of sp³-hybridized carbons (Fsp3) is 0.250. The zero-order valence-electron chi connectivity index (χ0n) is 18.6. The van der Waals surface area contributed by atoms with Crippen LogP contribution in [0, 0.1) is 0 Å². The van der Waals surface area contributed by atoms with Crippen molar-refractivity contribution in [3.05, 3.63) is 78.5 Å². The van der Waals surface area contributed by atoms with Gasteiger partial charge >= 0.3 is 6.36 Å².